The monoisotopic (exact) mass is 277 g/mol. The van der Waals surface area contributed by atoms with Crippen molar-refractivity contribution in [1.82, 2.24) is 14.9 Å². The molecule has 1 aromatic carbocycles. The molecule has 1 aromatic heterocycles. The highest BCUT2D eigenvalue weighted by atomic mass is 19.1. The summed E-state index contributed by atoms with van der Waals surface area (Å²) in [5.74, 6) is -0.539. The summed E-state index contributed by atoms with van der Waals surface area (Å²) in [6.07, 6.45) is 3.75. The van der Waals surface area contributed by atoms with Crippen molar-refractivity contribution >= 4 is 5.91 Å². The zero-order chi connectivity index (χ0) is 14.4. The molecule has 1 amide bonds. The van der Waals surface area contributed by atoms with Gasteiger partial charge in [-0.05, 0) is 30.7 Å². The first kappa shape index (κ1) is 14.2. The molecule has 6 heteroatoms. The minimum Gasteiger partial charge on any atom is -0.385 e. The highest BCUT2D eigenvalue weighted by molar-refractivity contribution is 5.92. The number of halogens is 1. The van der Waals surface area contributed by atoms with Crippen molar-refractivity contribution in [3.63, 3.8) is 0 Å². The Hall–Kier alpha value is -2.21. The van der Waals surface area contributed by atoms with Crippen molar-refractivity contribution in [3.8, 4) is 5.69 Å². The van der Waals surface area contributed by atoms with Crippen molar-refractivity contribution in [2.45, 2.75) is 6.42 Å². The third-order valence-electron chi connectivity index (χ3n) is 2.79. The molecule has 106 valence electrons. The first-order valence-corrected chi connectivity index (χ1v) is 6.28. The Bertz CT molecular complexity index is 566. The van der Waals surface area contributed by atoms with E-state index >= 15 is 0 Å². The topological polar surface area (TPSA) is 56.1 Å². The SMILES string of the molecule is COCCCNC(=O)c1cncn1-c1ccc(F)cc1. The van der Waals surface area contributed by atoms with E-state index in [1.807, 2.05) is 0 Å². The molecule has 20 heavy (non-hydrogen) atoms. The molecule has 0 radical (unpaired) electrons. The first-order valence-electron chi connectivity index (χ1n) is 6.28. The molecule has 0 saturated heterocycles. The molecular weight excluding hydrogens is 261 g/mol. The number of methoxy groups -OCH3 is 1. The van der Waals surface area contributed by atoms with Gasteiger partial charge < -0.3 is 10.1 Å². The Morgan fingerprint density at radius 1 is 1.40 bits per heavy atom. The largest absolute Gasteiger partial charge is 0.385 e. The number of carbonyl (C=O) groups excluding carboxylic acids is 1. The minimum absolute atomic E-state index is 0.220. The van der Waals surface area contributed by atoms with Gasteiger partial charge in [0.2, 0.25) is 0 Å². The maximum Gasteiger partial charge on any atom is 0.269 e. The molecule has 2 aromatic rings. The number of rotatable bonds is 6. The predicted molar refractivity (Wildman–Crippen MR) is 72.3 cm³/mol. The third kappa shape index (κ3) is 3.42. The van der Waals surface area contributed by atoms with Crippen molar-refractivity contribution in [1.29, 1.82) is 0 Å². The average molecular weight is 277 g/mol. The lowest BCUT2D eigenvalue weighted by molar-refractivity contribution is 0.0942. The normalized spacial score (nSPS) is 10.5. The molecular formula is C14H16FN3O2. The van der Waals surface area contributed by atoms with Crippen molar-refractivity contribution in [2.24, 2.45) is 0 Å². The van der Waals surface area contributed by atoms with Crippen molar-refractivity contribution < 1.29 is 13.9 Å². The van der Waals surface area contributed by atoms with E-state index in [-0.39, 0.29) is 11.7 Å². The van der Waals surface area contributed by atoms with Gasteiger partial charge in [0.15, 0.2) is 0 Å². The highest BCUT2D eigenvalue weighted by Crippen LogP contribution is 2.12. The number of aromatic nitrogens is 2. The summed E-state index contributed by atoms with van der Waals surface area (Å²) in [6.45, 7) is 1.12. The van der Waals surface area contributed by atoms with Gasteiger partial charge >= 0.3 is 0 Å². The molecule has 5 nitrogen and oxygen atoms in total. The van der Waals surface area contributed by atoms with Crippen LogP contribution in [0.5, 0.6) is 0 Å². The van der Waals surface area contributed by atoms with E-state index < -0.39 is 0 Å². The predicted octanol–water partition coefficient (Wildman–Crippen LogP) is 1.78. The fourth-order valence-corrected chi connectivity index (χ4v) is 1.78. The molecule has 0 aliphatic heterocycles. The van der Waals surface area contributed by atoms with Gasteiger partial charge in [0.25, 0.3) is 5.91 Å². The molecule has 0 aliphatic rings. The number of ether oxygens (including phenoxy) is 1. The average Bonchev–Trinajstić information content (AvgIpc) is 2.93. The zero-order valence-corrected chi connectivity index (χ0v) is 11.2. The fourth-order valence-electron chi connectivity index (χ4n) is 1.78. The summed E-state index contributed by atoms with van der Waals surface area (Å²) in [5.41, 5.74) is 1.10. The maximum absolute atomic E-state index is 12.9. The summed E-state index contributed by atoms with van der Waals surface area (Å²) < 4.78 is 19.4. The maximum atomic E-state index is 12.9. The van der Waals surface area contributed by atoms with Crippen LogP contribution in [0, 0.1) is 5.82 Å². The Morgan fingerprint density at radius 2 is 2.15 bits per heavy atom. The van der Waals surface area contributed by atoms with Crippen LogP contribution in [0.25, 0.3) is 5.69 Å². The summed E-state index contributed by atoms with van der Waals surface area (Å²) in [5, 5.41) is 2.79. The molecule has 0 bridgehead atoms. The van der Waals surface area contributed by atoms with Crippen LogP contribution in [-0.4, -0.2) is 35.7 Å². The molecule has 1 N–H and O–H groups in total. The van der Waals surface area contributed by atoms with Gasteiger partial charge in [0.05, 0.1) is 12.5 Å². The number of hydrogen-bond acceptors (Lipinski definition) is 3. The quantitative estimate of drug-likeness (QED) is 0.819. The molecule has 1 heterocycles. The van der Waals surface area contributed by atoms with Crippen LogP contribution in [-0.2, 0) is 4.74 Å². The van der Waals surface area contributed by atoms with E-state index in [1.54, 1.807) is 23.8 Å². The van der Waals surface area contributed by atoms with Crippen LogP contribution in [0.4, 0.5) is 4.39 Å². The Kier molecular flexibility index (Phi) is 4.84. The van der Waals surface area contributed by atoms with Crippen LogP contribution in [0.1, 0.15) is 16.9 Å². The van der Waals surface area contributed by atoms with Crippen LogP contribution in [0.2, 0.25) is 0 Å². The van der Waals surface area contributed by atoms with Crippen molar-refractivity contribution in [3.05, 3.63) is 48.3 Å². The van der Waals surface area contributed by atoms with Crippen LogP contribution in [0.3, 0.4) is 0 Å². The zero-order valence-electron chi connectivity index (χ0n) is 11.2. The molecule has 0 unspecified atom stereocenters. The highest BCUT2D eigenvalue weighted by Gasteiger charge is 2.12. The minimum atomic E-state index is -0.320. The van der Waals surface area contributed by atoms with Gasteiger partial charge in [-0.25, -0.2) is 9.37 Å². The lowest BCUT2D eigenvalue weighted by Gasteiger charge is -2.08. The summed E-state index contributed by atoms with van der Waals surface area (Å²) >= 11 is 0. The molecule has 0 aliphatic carbocycles. The van der Waals surface area contributed by atoms with Gasteiger partial charge in [0.1, 0.15) is 11.5 Å². The van der Waals surface area contributed by atoms with Crippen LogP contribution < -0.4 is 5.32 Å². The lowest BCUT2D eigenvalue weighted by atomic mass is 10.3. The van der Waals surface area contributed by atoms with Gasteiger partial charge in [-0.3, -0.25) is 9.36 Å². The summed E-state index contributed by atoms with van der Waals surface area (Å²) in [7, 11) is 1.62. The molecule has 2 rings (SSSR count). The van der Waals surface area contributed by atoms with E-state index in [9.17, 15) is 9.18 Å². The number of benzene rings is 1. The Balaban J connectivity index is 2.08. The summed E-state index contributed by atoms with van der Waals surface area (Å²) in [6, 6.07) is 5.88. The van der Waals surface area contributed by atoms with E-state index in [2.05, 4.69) is 10.3 Å². The Morgan fingerprint density at radius 3 is 2.85 bits per heavy atom. The third-order valence-corrected chi connectivity index (χ3v) is 2.79. The molecule has 0 saturated carbocycles. The number of imidazole rings is 1. The fraction of sp³-hybridized carbons (Fsp3) is 0.286. The number of carbonyl (C=O) groups is 1. The van der Waals surface area contributed by atoms with Gasteiger partial charge in [-0.1, -0.05) is 0 Å². The number of hydrogen-bond donors (Lipinski definition) is 1. The van der Waals surface area contributed by atoms with E-state index in [0.717, 1.165) is 6.42 Å². The molecule has 0 spiro atoms. The second-order valence-corrected chi connectivity index (χ2v) is 4.23. The van der Waals surface area contributed by atoms with Gasteiger partial charge in [-0.15, -0.1) is 0 Å². The summed E-state index contributed by atoms with van der Waals surface area (Å²) in [4.78, 5) is 16.0. The van der Waals surface area contributed by atoms with E-state index in [0.29, 0.717) is 24.5 Å². The van der Waals surface area contributed by atoms with Crippen molar-refractivity contribution in [2.75, 3.05) is 20.3 Å². The van der Waals surface area contributed by atoms with E-state index in [4.69, 9.17) is 4.74 Å². The molecule has 0 fully saturated rings. The first-order chi connectivity index (χ1) is 9.72. The van der Waals surface area contributed by atoms with E-state index in [1.165, 1.54) is 24.7 Å². The van der Waals surface area contributed by atoms with Crippen LogP contribution in [0.15, 0.2) is 36.8 Å². The Labute approximate surface area is 116 Å². The standard InChI is InChI=1S/C14H16FN3O2/c1-20-8-2-7-17-14(19)13-9-16-10-18(13)12-5-3-11(15)4-6-12/h3-6,9-10H,2,7-8H2,1H3,(H,17,19). The number of nitrogens with zero attached hydrogens (tertiary/aromatic N) is 2. The lowest BCUT2D eigenvalue weighted by Crippen LogP contribution is -2.27. The van der Waals surface area contributed by atoms with Crippen LogP contribution >= 0.6 is 0 Å². The smallest absolute Gasteiger partial charge is 0.269 e. The second-order valence-electron chi connectivity index (χ2n) is 4.23. The second kappa shape index (κ2) is 6.81. The van der Waals surface area contributed by atoms with Gasteiger partial charge in [0, 0.05) is 25.9 Å². The molecule has 0 atom stereocenters. The van der Waals surface area contributed by atoms with Gasteiger partial charge in [-0.2, -0.15) is 0 Å². The number of amides is 1. The number of nitrogens with one attached hydrogen (secondary N) is 1.